The molecular formula is C13H22O3S. The van der Waals surface area contributed by atoms with Gasteiger partial charge in [0, 0.05) is 12.3 Å². The van der Waals surface area contributed by atoms with Gasteiger partial charge in [-0.3, -0.25) is 4.79 Å². The minimum absolute atomic E-state index is 0.127. The third kappa shape index (κ3) is 2.42. The normalized spacial score (nSPS) is 39.5. The lowest BCUT2D eigenvalue weighted by molar-refractivity contribution is -0.120. The fourth-order valence-electron chi connectivity index (χ4n) is 3.34. The molecule has 4 unspecified atom stereocenters. The standard InChI is InChI=1S/C13H22O3S/c1-9-4-3-5-11(8-9)17(15,16)13-7-6-12(14)10(13)2/h9-11,13H,3-8H2,1-2H3. The predicted molar refractivity (Wildman–Crippen MR) is 67.5 cm³/mol. The Kier molecular flexibility index (Phi) is 3.62. The molecule has 0 aromatic heterocycles. The number of sulfone groups is 1. The van der Waals surface area contributed by atoms with Crippen LogP contribution in [0, 0.1) is 11.8 Å². The Morgan fingerprint density at radius 3 is 2.35 bits per heavy atom. The van der Waals surface area contributed by atoms with Crippen molar-refractivity contribution in [1.82, 2.24) is 0 Å². The molecule has 0 N–H and O–H groups in total. The van der Waals surface area contributed by atoms with E-state index in [2.05, 4.69) is 6.92 Å². The maximum Gasteiger partial charge on any atom is 0.156 e. The van der Waals surface area contributed by atoms with Crippen molar-refractivity contribution in [3.05, 3.63) is 0 Å². The Morgan fingerprint density at radius 1 is 1.12 bits per heavy atom. The van der Waals surface area contributed by atoms with Crippen LogP contribution in [0.3, 0.4) is 0 Å². The van der Waals surface area contributed by atoms with E-state index in [1.807, 2.05) is 0 Å². The average Bonchev–Trinajstić information content (AvgIpc) is 2.60. The SMILES string of the molecule is CC1CCCC(S(=O)(=O)C2CCC(=O)C2C)C1. The van der Waals surface area contributed by atoms with Crippen molar-refractivity contribution in [3.8, 4) is 0 Å². The van der Waals surface area contributed by atoms with Crippen molar-refractivity contribution in [1.29, 1.82) is 0 Å². The zero-order chi connectivity index (χ0) is 12.6. The third-order valence-electron chi connectivity index (χ3n) is 4.52. The molecule has 3 nitrogen and oxygen atoms in total. The molecule has 0 saturated heterocycles. The second-order valence-electron chi connectivity index (χ2n) is 5.81. The van der Waals surface area contributed by atoms with E-state index < -0.39 is 15.1 Å². The van der Waals surface area contributed by atoms with Crippen LogP contribution in [-0.4, -0.2) is 24.7 Å². The van der Waals surface area contributed by atoms with Crippen LogP contribution in [0.1, 0.15) is 52.4 Å². The molecule has 0 heterocycles. The number of ketones is 1. The van der Waals surface area contributed by atoms with E-state index in [1.165, 1.54) is 0 Å². The van der Waals surface area contributed by atoms with Crippen molar-refractivity contribution in [2.24, 2.45) is 11.8 Å². The van der Waals surface area contributed by atoms with Crippen molar-refractivity contribution in [2.75, 3.05) is 0 Å². The van der Waals surface area contributed by atoms with Gasteiger partial charge >= 0.3 is 0 Å². The van der Waals surface area contributed by atoms with Gasteiger partial charge in [-0.2, -0.15) is 0 Å². The maximum atomic E-state index is 12.5. The first-order chi connectivity index (χ1) is 7.93. The van der Waals surface area contributed by atoms with Crippen LogP contribution in [-0.2, 0) is 14.6 Å². The number of hydrogen-bond acceptors (Lipinski definition) is 3. The van der Waals surface area contributed by atoms with E-state index >= 15 is 0 Å². The van der Waals surface area contributed by atoms with Gasteiger partial charge in [-0.25, -0.2) is 8.42 Å². The van der Waals surface area contributed by atoms with E-state index in [1.54, 1.807) is 6.92 Å². The van der Waals surface area contributed by atoms with Crippen LogP contribution in [0.5, 0.6) is 0 Å². The summed E-state index contributed by atoms with van der Waals surface area (Å²) >= 11 is 0. The molecule has 0 bridgehead atoms. The zero-order valence-electron chi connectivity index (χ0n) is 10.7. The van der Waals surface area contributed by atoms with Crippen LogP contribution < -0.4 is 0 Å². The minimum atomic E-state index is -3.10. The van der Waals surface area contributed by atoms with Gasteiger partial charge in [0.1, 0.15) is 5.78 Å². The Bertz CT molecular complexity index is 399. The smallest absolute Gasteiger partial charge is 0.156 e. The number of carbonyl (C=O) groups excluding carboxylic acids is 1. The number of Topliss-reactive ketones (excluding diaryl/α,β-unsaturated/α-hetero) is 1. The predicted octanol–water partition coefficient (Wildman–Crippen LogP) is 2.35. The first-order valence-corrected chi connectivity index (χ1v) is 8.29. The van der Waals surface area contributed by atoms with Crippen LogP contribution in [0.15, 0.2) is 0 Å². The van der Waals surface area contributed by atoms with Crippen molar-refractivity contribution in [3.63, 3.8) is 0 Å². The van der Waals surface area contributed by atoms with E-state index in [0.717, 1.165) is 25.7 Å². The summed E-state index contributed by atoms with van der Waals surface area (Å²) in [5.74, 6) is 0.357. The van der Waals surface area contributed by atoms with Gasteiger partial charge in [-0.15, -0.1) is 0 Å². The van der Waals surface area contributed by atoms with Crippen LogP contribution in [0.25, 0.3) is 0 Å². The molecule has 0 radical (unpaired) electrons. The third-order valence-corrected chi connectivity index (χ3v) is 7.36. The monoisotopic (exact) mass is 258 g/mol. The highest BCUT2D eigenvalue weighted by Gasteiger charge is 2.44. The number of rotatable bonds is 2. The average molecular weight is 258 g/mol. The van der Waals surface area contributed by atoms with Gasteiger partial charge in [0.05, 0.1) is 10.5 Å². The van der Waals surface area contributed by atoms with Gasteiger partial charge in [0.25, 0.3) is 0 Å². The highest BCUT2D eigenvalue weighted by atomic mass is 32.2. The molecule has 98 valence electrons. The van der Waals surface area contributed by atoms with E-state index in [4.69, 9.17) is 0 Å². The lowest BCUT2D eigenvalue weighted by Crippen LogP contribution is -2.37. The summed E-state index contributed by atoms with van der Waals surface area (Å²) in [6, 6.07) is 0. The van der Waals surface area contributed by atoms with E-state index in [0.29, 0.717) is 18.8 Å². The maximum absolute atomic E-state index is 12.5. The summed E-state index contributed by atoms with van der Waals surface area (Å²) in [5, 5.41) is -0.588. The Labute approximate surface area is 104 Å². The van der Waals surface area contributed by atoms with Gasteiger partial charge in [-0.1, -0.05) is 26.7 Å². The van der Waals surface area contributed by atoms with Gasteiger partial charge in [-0.05, 0) is 25.2 Å². The van der Waals surface area contributed by atoms with Gasteiger partial charge in [0.15, 0.2) is 9.84 Å². The molecule has 0 aliphatic heterocycles. The summed E-state index contributed by atoms with van der Waals surface area (Å²) in [7, 11) is -3.10. The minimum Gasteiger partial charge on any atom is -0.299 e. The molecular weight excluding hydrogens is 236 g/mol. The van der Waals surface area contributed by atoms with E-state index in [9.17, 15) is 13.2 Å². The first kappa shape index (κ1) is 13.1. The van der Waals surface area contributed by atoms with E-state index in [-0.39, 0.29) is 17.0 Å². The van der Waals surface area contributed by atoms with Crippen molar-refractivity contribution >= 4 is 15.6 Å². The van der Waals surface area contributed by atoms with Crippen molar-refractivity contribution in [2.45, 2.75) is 62.9 Å². The largest absolute Gasteiger partial charge is 0.299 e. The van der Waals surface area contributed by atoms with Crippen molar-refractivity contribution < 1.29 is 13.2 Å². The summed E-state index contributed by atoms with van der Waals surface area (Å²) in [4.78, 5) is 11.5. The quantitative estimate of drug-likeness (QED) is 0.764. The Morgan fingerprint density at radius 2 is 1.82 bits per heavy atom. The lowest BCUT2D eigenvalue weighted by Gasteiger charge is -2.29. The highest BCUT2D eigenvalue weighted by Crippen LogP contribution is 2.36. The molecule has 2 rings (SSSR count). The Hall–Kier alpha value is -0.380. The van der Waals surface area contributed by atoms with Crippen LogP contribution in [0.2, 0.25) is 0 Å². The second-order valence-corrected chi connectivity index (χ2v) is 8.27. The number of carbonyl (C=O) groups is 1. The summed E-state index contributed by atoms with van der Waals surface area (Å²) in [6.07, 6.45) is 4.75. The molecule has 2 aliphatic carbocycles. The molecule has 2 fully saturated rings. The lowest BCUT2D eigenvalue weighted by atomic mass is 9.90. The molecule has 0 aromatic rings. The molecule has 17 heavy (non-hydrogen) atoms. The highest BCUT2D eigenvalue weighted by molar-refractivity contribution is 7.92. The first-order valence-electron chi connectivity index (χ1n) is 6.68. The van der Waals surface area contributed by atoms with Crippen LogP contribution >= 0.6 is 0 Å². The molecule has 2 aliphatic rings. The van der Waals surface area contributed by atoms with Crippen LogP contribution in [0.4, 0.5) is 0 Å². The molecule has 0 spiro atoms. The fourth-order valence-corrected chi connectivity index (χ4v) is 6.10. The molecule has 0 aromatic carbocycles. The molecule has 4 heteroatoms. The summed E-state index contributed by atoms with van der Waals surface area (Å²) < 4.78 is 25.1. The van der Waals surface area contributed by atoms with Gasteiger partial charge in [0.2, 0.25) is 0 Å². The number of hydrogen-bond donors (Lipinski definition) is 0. The Balaban J connectivity index is 2.15. The molecule has 2 saturated carbocycles. The molecule has 0 amide bonds. The topological polar surface area (TPSA) is 51.2 Å². The summed E-state index contributed by atoms with van der Waals surface area (Å²) in [6.45, 7) is 3.91. The van der Waals surface area contributed by atoms with Gasteiger partial charge < -0.3 is 0 Å². The fraction of sp³-hybridized carbons (Fsp3) is 0.923. The zero-order valence-corrected chi connectivity index (χ0v) is 11.5. The summed E-state index contributed by atoms with van der Waals surface area (Å²) in [5.41, 5.74) is 0. The molecule has 4 atom stereocenters. The second kappa shape index (κ2) is 4.71.